The van der Waals surface area contributed by atoms with Gasteiger partial charge in [-0.15, -0.1) is 0 Å². The van der Waals surface area contributed by atoms with Crippen molar-refractivity contribution >= 4 is 202 Å². The van der Waals surface area contributed by atoms with Crippen molar-refractivity contribution in [2.45, 2.75) is 58.3 Å². The van der Waals surface area contributed by atoms with Crippen LogP contribution in [0.1, 0.15) is 38.9 Å². The fourth-order valence-corrected chi connectivity index (χ4v) is 25.4. The minimum atomic E-state index is 0.120. The van der Waals surface area contributed by atoms with Gasteiger partial charge in [-0.25, -0.2) is 0 Å². The van der Waals surface area contributed by atoms with Gasteiger partial charge in [-0.05, 0) is 312 Å². The van der Waals surface area contributed by atoms with Gasteiger partial charge in [-0.1, -0.05) is 325 Å². The molecular weight excluding hydrogens is 1850 g/mol. The summed E-state index contributed by atoms with van der Waals surface area (Å²) in [7, 11) is 0. The number of benzene rings is 21. The molecule has 11 aliphatic heterocycles. The molecule has 0 fully saturated rings. The molecule has 0 radical (unpaired) electrons. The molecule has 0 unspecified atom stereocenters. The van der Waals surface area contributed by atoms with E-state index in [0.29, 0.717) is 0 Å². The topological polar surface area (TPSA) is 74.3 Å². The number of anilines is 9. The molecular formula is C133H97B6N3O7S. The monoisotopic (exact) mass is 1950 g/mol. The Bertz CT molecular complexity index is 8350. The molecule has 0 aliphatic carbocycles. The number of para-hydroxylation sites is 11. The maximum Gasteiger partial charge on any atom is 0.270 e. The number of ether oxygens (including phenoxy) is 7. The molecule has 17 heteroatoms. The highest BCUT2D eigenvalue weighted by Crippen LogP contribution is 2.48. The van der Waals surface area contributed by atoms with Gasteiger partial charge in [0.2, 0.25) is 6.71 Å². The summed E-state index contributed by atoms with van der Waals surface area (Å²) in [5.74, 6) is 12.9. The lowest BCUT2D eigenvalue weighted by Gasteiger charge is -2.44. The Balaban J connectivity index is 0.0000000893. The molecule has 0 aromatic heterocycles. The van der Waals surface area contributed by atoms with E-state index in [2.05, 4.69) is 433 Å². The van der Waals surface area contributed by atoms with E-state index in [9.17, 15) is 0 Å². The van der Waals surface area contributed by atoms with E-state index in [4.69, 9.17) is 33.2 Å². The van der Waals surface area contributed by atoms with Crippen molar-refractivity contribution in [2.24, 2.45) is 0 Å². The van der Waals surface area contributed by atoms with Gasteiger partial charge in [0.05, 0.1) is 0 Å². The zero-order valence-electron chi connectivity index (χ0n) is 84.0. The summed E-state index contributed by atoms with van der Waals surface area (Å²) in [4.78, 5) is 9.97. The molecule has 150 heavy (non-hydrogen) atoms. The zero-order chi connectivity index (χ0) is 100. The Kier molecular flexibility index (Phi) is 22.9. The van der Waals surface area contributed by atoms with Gasteiger partial charge >= 0.3 is 0 Å². The first-order chi connectivity index (χ1) is 73.8. The molecule has 0 bridgehead atoms. The maximum absolute atomic E-state index is 6.21. The van der Waals surface area contributed by atoms with Crippen molar-refractivity contribution in [2.75, 3.05) is 14.7 Å². The number of hydrogen-bond acceptors (Lipinski definition) is 11. The van der Waals surface area contributed by atoms with Crippen LogP contribution in [0.5, 0.6) is 80.5 Å². The van der Waals surface area contributed by atoms with Crippen LogP contribution < -0.4 is 146 Å². The predicted octanol–water partition coefficient (Wildman–Crippen LogP) is 21.9. The summed E-state index contributed by atoms with van der Waals surface area (Å²) in [5.41, 5.74) is 42.7. The van der Waals surface area contributed by atoms with Gasteiger partial charge in [0.1, 0.15) is 80.5 Å². The Hall–Kier alpha value is -17.6. The molecule has 0 N–H and O–H groups in total. The Morgan fingerprint density at radius 1 is 0.160 bits per heavy atom. The second-order valence-corrected chi connectivity index (χ2v) is 41.3. The summed E-state index contributed by atoms with van der Waals surface area (Å²) >= 11 is 1.86. The van der Waals surface area contributed by atoms with Crippen molar-refractivity contribution in [3.63, 3.8) is 0 Å². The average Bonchev–Trinajstić information content (AvgIpc) is 0.697. The minimum absolute atomic E-state index is 0.120. The molecule has 0 spiro atoms. The fourth-order valence-electron chi connectivity index (χ4n) is 24.1. The smallest absolute Gasteiger partial charge is 0.270 e. The lowest BCUT2D eigenvalue weighted by molar-refractivity contribution is 0.442. The van der Waals surface area contributed by atoms with E-state index in [1.807, 2.05) is 103 Å². The molecule has 10 nitrogen and oxygen atoms in total. The highest BCUT2D eigenvalue weighted by molar-refractivity contribution is 8.00. The summed E-state index contributed by atoms with van der Waals surface area (Å²) in [6.45, 7) is 16.3. The lowest BCUT2D eigenvalue weighted by atomic mass is 9.33. The fraction of sp³-hybridized carbons (Fsp3) is 0.0526. The van der Waals surface area contributed by atoms with Gasteiger partial charge in [-0.2, -0.15) is 0 Å². The van der Waals surface area contributed by atoms with Crippen molar-refractivity contribution in [1.29, 1.82) is 0 Å². The third-order valence-corrected chi connectivity index (χ3v) is 31.8. The van der Waals surface area contributed by atoms with E-state index < -0.39 is 0 Å². The normalized spacial score (nSPS) is 13.3. The first-order valence-electron chi connectivity index (χ1n) is 51.6. The van der Waals surface area contributed by atoms with E-state index in [-0.39, 0.29) is 40.3 Å². The van der Waals surface area contributed by atoms with Gasteiger partial charge in [0.25, 0.3) is 33.6 Å². The molecule has 21 aromatic rings. The van der Waals surface area contributed by atoms with Crippen LogP contribution in [0.2, 0.25) is 0 Å². The van der Waals surface area contributed by atoms with Crippen molar-refractivity contribution in [1.82, 2.24) is 0 Å². The van der Waals surface area contributed by atoms with Crippen LogP contribution in [0, 0.1) is 48.5 Å². The molecule has 0 atom stereocenters. The van der Waals surface area contributed by atoms with Crippen LogP contribution >= 0.6 is 11.8 Å². The van der Waals surface area contributed by atoms with Gasteiger partial charge in [-0.3, -0.25) is 0 Å². The number of fused-ring (bicyclic) bond motifs is 16. The van der Waals surface area contributed by atoms with Gasteiger partial charge in [0, 0.05) is 82.8 Å². The third-order valence-electron chi connectivity index (χ3n) is 30.7. The number of hydrogen-bond donors (Lipinski definition) is 0. The van der Waals surface area contributed by atoms with Crippen LogP contribution in [-0.4, -0.2) is 40.3 Å². The highest BCUT2D eigenvalue weighted by Gasteiger charge is 2.49. The van der Waals surface area contributed by atoms with E-state index in [0.717, 1.165) is 113 Å². The predicted molar refractivity (Wildman–Crippen MR) is 626 cm³/mol. The molecule has 21 aromatic carbocycles. The Labute approximate surface area is 881 Å². The summed E-state index contributed by atoms with van der Waals surface area (Å²) in [5, 5.41) is 0. The maximum atomic E-state index is 6.21. The van der Waals surface area contributed by atoms with Crippen LogP contribution in [0.25, 0.3) is 0 Å². The largest absolute Gasteiger partial charge is 0.458 e. The van der Waals surface area contributed by atoms with Gasteiger partial charge in [0.15, 0.2) is 0 Å². The van der Waals surface area contributed by atoms with Crippen LogP contribution in [0.4, 0.5) is 51.2 Å². The molecule has 11 aliphatic rings. The first-order valence-corrected chi connectivity index (χ1v) is 52.5. The van der Waals surface area contributed by atoms with E-state index in [1.54, 1.807) is 0 Å². The summed E-state index contributed by atoms with van der Waals surface area (Å²) in [6, 6.07) is 163. The number of nitrogens with zero attached hydrogens (tertiary/aromatic N) is 3. The second-order valence-electron chi connectivity index (χ2n) is 40.2. The molecule has 710 valence electrons. The molecule has 0 amide bonds. The Morgan fingerprint density at radius 3 is 0.880 bits per heavy atom. The standard InChI is InChI=1S/C31H23BN2.C26H22BN.C19H11BO3.C19H13BO2.C19H13BOS.C19H15BO/c1-22-20-29-31-30(21-22)34(24-14-6-3-7-15-24)28-19-11-9-17-26(28)32(31)25-16-8-10-18-27(25)33(29)23-12-4-2-5-13-23;1-19-17-24-26(18-20(19)2)28(22-13-7-4-8-14-22)25-16-10-9-15-23(25)27(24)21-11-5-3-6-12-21;1-10-8-15-19-16(9-10)23-14-7-3-5-12-18(14)20(19)17-11(21-12)4-2-6-13(17)22-15;1-12-10-17-19-18(11-12)22-16-9-5-3-7-14(16)20(19)13-6-2-4-8-15(13)21-17;1-12-10-16-19-18(11-12)22-17-9-5-3-7-14(17)20(19)13-6-2-4-8-15(13)21-16;1-14-10-12-15(13-11-14)20-16-6-2-4-8-18(16)21-19-9-5-3-7-17(19)20/h2-21H,1H3;3-18H,1-2H3;2-9H,1H3;2*2-11H,1H3;2-13H,1H3. The van der Waals surface area contributed by atoms with Crippen LogP contribution in [-0.2, 0) is 0 Å². The van der Waals surface area contributed by atoms with Crippen LogP contribution in [0.3, 0.4) is 0 Å². The molecule has 0 saturated carbocycles. The molecule has 11 heterocycles. The third kappa shape index (κ3) is 15.8. The number of rotatable bonds is 5. The SMILES string of the molecule is Cc1cc2c(cc1C)N(c1ccccc1)c1ccccc1B2c1ccccc1.Cc1cc2c3c(c1)N(c1ccccc1)c1ccccc1B3c1ccccc1N2c1ccccc1.Cc1cc2c3c(c1)Oc1cccc4c1B3c1c(cccc1O2)O4.Cc1cc2c3c(c1)Oc1ccccc1B3c1ccccc1O2.Cc1cc2c3c(c1)Sc1ccccc1B3c1ccccc1O2.Cc1ccc(B2c3ccccc3Oc3ccccc32)cc1. The van der Waals surface area contributed by atoms with E-state index >= 15 is 0 Å². The quantitative estimate of drug-likeness (QED) is 0.155. The van der Waals surface area contributed by atoms with Crippen molar-refractivity contribution in [3.05, 3.63) is 500 Å². The van der Waals surface area contributed by atoms with Gasteiger partial charge < -0.3 is 47.9 Å². The molecule has 32 rings (SSSR count). The number of aryl methyl sites for hydroxylation is 7. The van der Waals surface area contributed by atoms with Crippen molar-refractivity contribution in [3.8, 4) is 80.5 Å². The average molecular weight is 1950 g/mol. The Morgan fingerprint density at radius 2 is 0.440 bits per heavy atom. The second kappa shape index (κ2) is 37.7. The van der Waals surface area contributed by atoms with Crippen molar-refractivity contribution < 1.29 is 33.2 Å². The van der Waals surface area contributed by atoms with E-state index in [1.165, 1.54) is 165 Å². The summed E-state index contributed by atoms with van der Waals surface area (Å²) in [6.07, 6.45) is 0. The zero-order valence-corrected chi connectivity index (χ0v) is 84.8. The highest BCUT2D eigenvalue weighted by atomic mass is 32.2. The van der Waals surface area contributed by atoms with Crippen LogP contribution in [0.15, 0.2) is 471 Å². The minimum Gasteiger partial charge on any atom is -0.458 e. The lowest BCUT2D eigenvalue weighted by Crippen LogP contribution is -2.61. The molecule has 0 saturated heterocycles. The summed E-state index contributed by atoms with van der Waals surface area (Å²) < 4.78 is 43.0. The first kappa shape index (κ1) is 91.1.